The van der Waals surface area contributed by atoms with Gasteiger partial charge in [0.05, 0.1) is 13.2 Å². The van der Waals surface area contributed by atoms with Crippen molar-refractivity contribution < 1.29 is 23.8 Å². The first-order valence-electron chi connectivity index (χ1n) is 9.25. The number of aliphatic imine (C=N–C) groups is 1. The smallest absolute Gasteiger partial charge is 0.347 e. The van der Waals surface area contributed by atoms with E-state index in [2.05, 4.69) is 9.98 Å². The SMILES string of the molecule is CCOC(=O)c1c(N2CCCOCC2)oc(C=C2C=Nc3ncccc32)c1O. The fraction of sp³-hybridized carbons (Fsp3) is 0.350. The first kappa shape index (κ1) is 18.2. The zero-order valence-electron chi connectivity index (χ0n) is 15.6. The molecule has 2 aliphatic heterocycles. The van der Waals surface area contributed by atoms with Gasteiger partial charge < -0.3 is 23.9 Å². The summed E-state index contributed by atoms with van der Waals surface area (Å²) < 4.78 is 16.6. The van der Waals surface area contributed by atoms with Crippen LogP contribution in [-0.4, -0.2) is 55.2 Å². The second kappa shape index (κ2) is 7.85. The maximum Gasteiger partial charge on any atom is 0.347 e. The normalized spacial score (nSPS) is 17.6. The molecule has 0 atom stereocenters. The van der Waals surface area contributed by atoms with E-state index in [4.69, 9.17) is 13.9 Å². The maximum absolute atomic E-state index is 12.5. The summed E-state index contributed by atoms with van der Waals surface area (Å²) in [6.45, 7) is 4.30. The predicted octanol–water partition coefficient (Wildman–Crippen LogP) is 3.04. The first-order valence-corrected chi connectivity index (χ1v) is 9.25. The molecule has 2 aromatic rings. The minimum atomic E-state index is -0.615. The molecule has 1 fully saturated rings. The first-order chi connectivity index (χ1) is 13.7. The summed E-state index contributed by atoms with van der Waals surface area (Å²) in [5.41, 5.74) is 1.62. The fourth-order valence-electron chi connectivity index (χ4n) is 3.27. The lowest BCUT2D eigenvalue weighted by Gasteiger charge is -2.19. The average molecular weight is 383 g/mol. The van der Waals surface area contributed by atoms with Gasteiger partial charge in [0.15, 0.2) is 22.9 Å². The Balaban J connectivity index is 1.76. The maximum atomic E-state index is 12.5. The summed E-state index contributed by atoms with van der Waals surface area (Å²) >= 11 is 0. The van der Waals surface area contributed by atoms with Crippen LogP contribution in [0.4, 0.5) is 11.7 Å². The molecule has 0 spiro atoms. The van der Waals surface area contributed by atoms with Gasteiger partial charge in [0.1, 0.15) is 0 Å². The number of hydrogen-bond acceptors (Lipinski definition) is 8. The largest absolute Gasteiger partial charge is 0.504 e. The Kier molecular flexibility index (Phi) is 5.12. The number of rotatable bonds is 4. The number of nitrogens with zero attached hydrogens (tertiary/aromatic N) is 3. The van der Waals surface area contributed by atoms with Crippen LogP contribution in [0.1, 0.15) is 35.0 Å². The van der Waals surface area contributed by atoms with Crippen molar-refractivity contribution in [3.05, 3.63) is 35.2 Å². The summed E-state index contributed by atoms with van der Waals surface area (Å²) in [4.78, 5) is 22.9. The second-order valence-corrected chi connectivity index (χ2v) is 6.40. The van der Waals surface area contributed by atoms with Crippen LogP contribution in [-0.2, 0) is 9.47 Å². The predicted molar refractivity (Wildman–Crippen MR) is 104 cm³/mol. The monoisotopic (exact) mass is 383 g/mol. The van der Waals surface area contributed by atoms with E-state index in [9.17, 15) is 9.90 Å². The van der Waals surface area contributed by atoms with Gasteiger partial charge in [-0.1, -0.05) is 0 Å². The number of ether oxygens (including phenoxy) is 2. The third-order valence-electron chi connectivity index (χ3n) is 4.59. The van der Waals surface area contributed by atoms with Crippen molar-refractivity contribution in [1.82, 2.24) is 4.98 Å². The molecule has 4 rings (SSSR count). The minimum Gasteiger partial charge on any atom is -0.504 e. The van der Waals surface area contributed by atoms with Crippen LogP contribution < -0.4 is 4.90 Å². The van der Waals surface area contributed by atoms with Crippen molar-refractivity contribution in [2.24, 2.45) is 4.99 Å². The third kappa shape index (κ3) is 3.38. The lowest BCUT2D eigenvalue weighted by atomic mass is 10.1. The molecule has 8 heteroatoms. The molecule has 0 aromatic carbocycles. The zero-order chi connectivity index (χ0) is 19.5. The van der Waals surface area contributed by atoms with Crippen LogP contribution in [0.15, 0.2) is 27.7 Å². The van der Waals surface area contributed by atoms with Gasteiger partial charge in [-0.05, 0) is 31.6 Å². The average Bonchev–Trinajstić information content (AvgIpc) is 3.12. The number of aromatic hydroxyl groups is 1. The molecule has 0 aliphatic carbocycles. The summed E-state index contributed by atoms with van der Waals surface area (Å²) in [5.74, 6) is 0.235. The van der Waals surface area contributed by atoms with Crippen molar-refractivity contribution in [2.45, 2.75) is 13.3 Å². The standard InChI is InChI=1S/C20H21N3O5/c1-2-27-20(25)16-17(24)15(28-19(16)23-7-4-9-26-10-8-23)11-13-12-22-18-14(13)5-3-6-21-18/h3,5-6,11-12,24H,2,4,7-10H2,1H3. The molecule has 4 heterocycles. The molecule has 0 unspecified atom stereocenters. The lowest BCUT2D eigenvalue weighted by Crippen LogP contribution is -2.27. The van der Waals surface area contributed by atoms with Crippen LogP contribution in [0.2, 0.25) is 0 Å². The van der Waals surface area contributed by atoms with Gasteiger partial charge in [-0.2, -0.15) is 0 Å². The second-order valence-electron chi connectivity index (χ2n) is 6.40. The molecular formula is C20H21N3O5. The Morgan fingerprint density at radius 2 is 2.29 bits per heavy atom. The van der Waals surface area contributed by atoms with Gasteiger partial charge in [0, 0.05) is 43.2 Å². The number of pyridine rings is 1. The number of fused-ring (bicyclic) bond motifs is 1. The summed E-state index contributed by atoms with van der Waals surface area (Å²) in [5, 5.41) is 10.8. The van der Waals surface area contributed by atoms with E-state index < -0.39 is 5.97 Å². The molecule has 1 saturated heterocycles. The van der Waals surface area contributed by atoms with E-state index in [1.807, 2.05) is 17.0 Å². The molecule has 8 nitrogen and oxygen atoms in total. The van der Waals surface area contributed by atoms with Gasteiger partial charge >= 0.3 is 5.97 Å². The summed E-state index contributed by atoms with van der Waals surface area (Å²) in [6, 6.07) is 3.70. The van der Waals surface area contributed by atoms with Crippen LogP contribution in [0.3, 0.4) is 0 Å². The summed E-state index contributed by atoms with van der Waals surface area (Å²) in [7, 11) is 0. The molecule has 0 bridgehead atoms. The highest BCUT2D eigenvalue weighted by molar-refractivity contribution is 6.21. The number of carbonyl (C=O) groups is 1. The highest BCUT2D eigenvalue weighted by Gasteiger charge is 2.30. The Labute approximate surface area is 162 Å². The van der Waals surface area contributed by atoms with Crippen molar-refractivity contribution in [3.63, 3.8) is 0 Å². The van der Waals surface area contributed by atoms with E-state index in [1.54, 1.807) is 25.4 Å². The topological polar surface area (TPSA) is 97.4 Å². The van der Waals surface area contributed by atoms with E-state index in [1.165, 1.54) is 0 Å². The van der Waals surface area contributed by atoms with Crippen molar-refractivity contribution in [3.8, 4) is 5.75 Å². The van der Waals surface area contributed by atoms with Crippen molar-refractivity contribution in [2.75, 3.05) is 37.8 Å². The highest BCUT2D eigenvalue weighted by Crippen LogP contribution is 2.40. The lowest BCUT2D eigenvalue weighted by molar-refractivity contribution is 0.0523. The Morgan fingerprint density at radius 3 is 3.14 bits per heavy atom. The van der Waals surface area contributed by atoms with Gasteiger partial charge in [-0.25, -0.2) is 14.8 Å². The van der Waals surface area contributed by atoms with E-state index in [0.717, 1.165) is 17.6 Å². The molecule has 28 heavy (non-hydrogen) atoms. The zero-order valence-corrected chi connectivity index (χ0v) is 15.6. The van der Waals surface area contributed by atoms with Crippen LogP contribution in [0.5, 0.6) is 5.75 Å². The molecule has 2 aromatic heterocycles. The number of carbonyl (C=O) groups excluding carboxylic acids is 1. The van der Waals surface area contributed by atoms with E-state index in [0.29, 0.717) is 38.0 Å². The van der Waals surface area contributed by atoms with Crippen LogP contribution >= 0.6 is 0 Å². The number of allylic oxidation sites excluding steroid dienone is 1. The minimum absolute atomic E-state index is 0.0388. The number of hydrogen-bond donors (Lipinski definition) is 1. The van der Waals surface area contributed by atoms with Gasteiger partial charge in [0.2, 0.25) is 5.88 Å². The van der Waals surface area contributed by atoms with Crippen LogP contribution in [0, 0.1) is 0 Å². The van der Waals surface area contributed by atoms with Crippen LogP contribution in [0.25, 0.3) is 11.6 Å². The molecule has 1 N–H and O–H groups in total. The van der Waals surface area contributed by atoms with Gasteiger partial charge in [-0.15, -0.1) is 0 Å². The highest BCUT2D eigenvalue weighted by atomic mass is 16.5. The molecular weight excluding hydrogens is 362 g/mol. The van der Waals surface area contributed by atoms with Crippen molar-refractivity contribution in [1.29, 1.82) is 0 Å². The number of esters is 1. The molecule has 2 aliphatic rings. The fourth-order valence-corrected chi connectivity index (χ4v) is 3.27. The summed E-state index contributed by atoms with van der Waals surface area (Å²) in [6.07, 6.45) is 5.78. The van der Waals surface area contributed by atoms with Gasteiger partial charge in [0.25, 0.3) is 0 Å². The number of furan rings is 1. The molecule has 0 amide bonds. The Bertz CT molecular complexity index is 939. The van der Waals surface area contributed by atoms with E-state index >= 15 is 0 Å². The third-order valence-corrected chi connectivity index (χ3v) is 4.59. The molecule has 146 valence electrons. The number of aromatic nitrogens is 1. The molecule has 0 radical (unpaired) electrons. The van der Waals surface area contributed by atoms with Crippen molar-refractivity contribution >= 4 is 35.5 Å². The quantitative estimate of drug-likeness (QED) is 0.811. The van der Waals surface area contributed by atoms with Gasteiger partial charge in [-0.3, -0.25) is 0 Å². The molecule has 0 saturated carbocycles. The van der Waals surface area contributed by atoms with E-state index in [-0.39, 0.29) is 23.7 Å². The number of anilines is 1. The Hall–Kier alpha value is -3.13. The Morgan fingerprint density at radius 1 is 1.39 bits per heavy atom.